The van der Waals surface area contributed by atoms with Gasteiger partial charge in [-0.05, 0) is 6.07 Å². The lowest BCUT2D eigenvalue weighted by Gasteiger charge is -2.28. The molecule has 0 fully saturated rings. The van der Waals surface area contributed by atoms with E-state index in [1.54, 1.807) is 0 Å². The minimum Gasteiger partial charge on any atom is -0.305 e. The van der Waals surface area contributed by atoms with Crippen LogP contribution in [0.2, 0.25) is 0 Å². The van der Waals surface area contributed by atoms with E-state index in [1.165, 1.54) is 10.6 Å². The normalized spacial score (nSPS) is 12.5. The molecule has 0 atom stereocenters. The van der Waals surface area contributed by atoms with Gasteiger partial charge in [-0.25, -0.2) is 26.7 Å². The third kappa shape index (κ3) is 4.83. The fraction of sp³-hybridized carbons (Fsp3) is 0.176. The molecule has 2 aromatic carbocycles. The van der Waals surface area contributed by atoms with Crippen molar-refractivity contribution in [3.05, 3.63) is 64.5 Å². The monoisotopic (exact) mass is 498 g/mol. The molecule has 16 heteroatoms. The largest absolute Gasteiger partial charge is 0.460 e. The topological polar surface area (TPSA) is 58.2 Å². The van der Waals surface area contributed by atoms with Gasteiger partial charge in [0.05, 0.1) is 11.3 Å². The molecule has 0 aromatic heterocycles. The number of hydrogen-bond donors (Lipinski definition) is 2. The molecule has 2 N–H and O–H groups in total. The number of hydrogen-bond acceptors (Lipinski definition) is 2. The van der Waals surface area contributed by atoms with Gasteiger partial charge in [-0.3, -0.25) is 10.1 Å². The number of imide groups is 1. The van der Waals surface area contributed by atoms with Crippen molar-refractivity contribution in [3.8, 4) is 0 Å². The summed E-state index contributed by atoms with van der Waals surface area (Å²) in [6, 6.07) is -2.93. The molecule has 0 spiro atoms. The van der Waals surface area contributed by atoms with Crippen LogP contribution in [0, 0.1) is 29.1 Å². The summed E-state index contributed by atoms with van der Waals surface area (Å²) < 4.78 is 158. The van der Waals surface area contributed by atoms with Crippen molar-refractivity contribution in [3.63, 3.8) is 0 Å². The zero-order valence-corrected chi connectivity index (χ0v) is 15.2. The van der Waals surface area contributed by atoms with Gasteiger partial charge in [0.2, 0.25) is 0 Å². The second-order valence-electron chi connectivity index (χ2n) is 6.11. The average molecular weight is 498 g/mol. The number of amides is 3. The van der Waals surface area contributed by atoms with Crippen LogP contribution < -0.4 is 10.6 Å². The molecule has 2 aromatic rings. The van der Waals surface area contributed by atoms with Crippen LogP contribution in [0.1, 0.15) is 15.9 Å². The Morgan fingerprint density at radius 2 is 1.21 bits per heavy atom. The maximum atomic E-state index is 13.9. The Bertz CT molecular complexity index is 1090. The van der Waals surface area contributed by atoms with Crippen LogP contribution in [0.25, 0.3) is 0 Å². The Hall–Kier alpha value is -3.46. The summed E-state index contributed by atoms with van der Waals surface area (Å²) in [5.41, 5.74) is -5.63. The summed E-state index contributed by atoms with van der Waals surface area (Å²) in [4.78, 5) is 23.4. The maximum absolute atomic E-state index is 13.9. The van der Waals surface area contributed by atoms with Crippen molar-refractivity contribution < 1.29 is 62.3 Å². The van der Waals surface area contributed by atoms with Gasteiger partial charge in [0.1, 0.15) is 34.6 Å². The molecule has 0 aliphatic carbocycles. The summed E-state index contributed by atoms with van der Waals surface area (Å²) in [5, 5.41) is 2.47. The molecule has 3 amide bonds. The second-order valence-corrected chi connectivity index (χ2v) is 6.11. The zero-order chi connectivity index (χ0) is 25.5. The number of benzene rings is 2. The van der Waals surface area contributed by atoms with Gasteiger partial charge in [-0.2, -0.15) is 30.7 Å². The Kier molecular flexibility index (Phi) is 6.62. The van der Waals surface area contributed by atoms with Crippen LogP contribution >= 0.6 is 0 Å². The molecule has 0 unspecified atom stereocenters. The Labute approximate surface area is 174 Å². The fourth-order valence-electron chi connectivity index (χ4n) is 2.31. The highest BCUT2D eigenvalue weighted by Crippen LogP contribution is 2.52. The Balaban J connectivity index is 2.29. The van der Waals surface area contributed by atoms with Crippen LogP contribution in [0.15, 0.2) is 24.3 Å². The SMILES string of the molecule is O=C(NC(=O)c1c(F)cc(F)cc1F)Nc1cc(F)c(C(F)(F)C(F)(F)C(F)(F)F)cc1F. The number of rotatable bonds is 4. The highest BCUT2D eigenvalue weighted by molar-refractivity contribution is 6.08. The van der Waals surface area contributed by atoms with Crippen LogP contribution in [-0.2, 0) is 5.92 Å². The van der Waals surface area contributed by atoms with E-state index < -0.39 is 88.0 Å². The maximum Gasteiger partial charge on any atom is 0.460 e. The van der Waals surface area contributed by atoms with E-state index in [1.807, 2.05) is 0 Å². The van der Waals surface area contributed by atoms with Crippen LogP contribution in [0.3, 0.4) is 0 Å². The van der Waals surface area contributed by atoms with Crippen molar-refractivity contribution in [2.75, 3.05) is 5.32 Å². The zero-order valence-electron chi connectivity index (χ0n) is 15.2. The van der Waals surface area contributed by atoms with Crippen molar-refractivity contribution in [1.29, 1.82) is 0 Å². The average Bonchev–Trinajstić information content (AvgIpc) is 2.62. The van der Waals surface area contributed by atoms with Gasteiger partial charge in [-0.15, -0.1) is 0 Å². The summed E-state index contributed by atoms with van der Waals surface area (Å²) in [7, 11) is 0. The van der Waals surface area contributed by atoms with Crippen molar-refractivity contribution in [2.24, 2.45) is 0 Å². The highest BCUT2D eigenvalue weighted by Gasteiger charge is 2.74. The third-order valence-corrected chi connectivity index (χ3v) is 3.85. The molecule has 33 heavy (non-hydrogen) atoms. The number of carbonyl (C=O) groups excluding carboxylic acids is 2. The first-order valence-electron chi connectivity index (χ1n) is 7.99. The van der Waals surface area contributed by atoms with Crippen LogP contribution in [0.5, 0.6) is 0 Å². The lowest BCUT2D eigenvalue weighted by molar-refractivity contribution is -0.360. The fourth-order valence-corrected chi connectivity index (χ4v) is 2.31. The predicted octanol–water partition coefficient (Wildman–Crippen LogP) is 5.63. The first-order valence-corrected chi connectivity index (χ1v) is 7.99. The molecule has 0 heterocycles. The van der Waals surface area contributed by atoms with Crippen molar-refractivity contribution >= 4 is 17.6 Å². The lowest BCUT2D eigenvalue weighted by atomic mass is 10.0. The summed E-state index contributed by atoms with van der Waals surface area (Å²) in [5.74, 6) is -24.6. The number of urea groups is 1. The van der Waals surface area contributed by atoms with Gasteiger partial charge in [0, 0.05) is 18.2 Å². The summed E-state index contributed by atoms with van der Waals surface area (Å²) in [6.07, 6.45) is -6.85. The molecule has 0 aliphatic rings. The highest BCUT2D eigenvalue weighted by atomic mass is 19.4. The molecule has 0 aliphatic heterocycles. The molecule has 0 bridgehead atoms. The predicted molar refractivity (Wildman–Crippen MR) is 84.1 cm³/mol. The molecular weight excluding hydrogens is 492 g/mol. The van der Waals surface area contributed by atoms with Crippen LogP contribution in [-0.4, -0.2) is 24.0 Å². The second kappa shape index (κ2) is 8.47. The molecule has 0 saturated carbocycles. The minimum atomic E-state index is -6.85. The van der Waals surface area contributed by atoms with E-state index in [0.717, 1.165) is 0 Å². The van der Waals surface area contributed by atoms with Crippen molar-refractivity contribution in [1.82, 2.24) is 5.32 Å². The van der Waals surface area contributed by atoms with Gasteiger partial charge in [-0.1, -0.05) is 0 Å². The van der Waals surface area contributed by atoms with Gasteiger partial charge in [0.15, 0.2) is 0 Å². The number of halogens is 12. The number of alkyl halides is 7. The van der Waals surface area contributed by atoms with Crippen LogP contribution in [0.4, 0.5) is 63.2 Å². The molecule has 4 nitrogen and oxygen atoms in total. The number of nitrogens with one attached hydrogen (secondary N) is 2. The van der Waals surface area contributed by atoms with E-state index in [9.17, 15) is 62.3 Å². The summed E-state index contributed by atoms with van der Waals surface area (Å²) in [6.45, 7) is 0. The third-order valence-electron chi connectivity index (χ3n) is 3.85. The molecular formula is C17H6F12N2O2. The Morgan fingerprint density at radius 1 is 0.697 bits per heavy atom. The first-order chi connectivity index (χ1) is 14.9. The molecule has 0 radical (unpaired) electrons. The van der Waals surface area contributed by atoms with E-state index >= 15 is 0 Å². The van der Waals surface area contributed by atoms with E-state index in [-0.39, 0.29) is 12.1 Å². The minimum absolute atomic E-state index is 0.0561. The van der Waals surface area contributed by atoms with Gasteiger partial charge in [0.25, 0.3) is 5.91 Å². The standard InChI is InChI=1S/C17H6F12N2O2/c18-5-1-9(21)12(10(22)2-5)13(32)31-14(33)30-11-4-7(19)6(3-8(11)20)15(23,24)16(25,26)17(27,28)29/h1-4H,(H2,30,31,32,33). The molecule has 0 saturated heterocycles. The molecule has 180 valence electrons. The smallest absolute Gasteiger partial charge is 0.305 e. The number of carbonyl (C=O) groups is 2. The van der Waals surface area contributed by atoms with E-state index in [2.05, 4.69) is 0 Å². The number of anilines is 1. The first kappa shape index (κ1) is 25.8. The Morgan fingerprint density at radius 3 is 1.70 bits per heavy atom. The van der Waals surface area contributed by atoms with E-state index in [4.69, 9.17) is 0 Å². The van der Waals surface area contributed by atoms with E-state index in [0.29, 0.717) is 0 Å². The summed E-state index contributed by atoms with van der Waals surface area (Å²) >= 11 is 0. The van der Waals surface area contributed by atoms with Crippen molar-refractivity contribution in [2.45, 2.75) is 18.0 Å². The quantitative estimate of drug-likeness (QED) is 0.537. The van der Waals surface area contributed by atoms with Gasteiger partial charge < -0.3 is 5.32 Å². The lowest BCUT2D eigenvalue weighted by Crippen LogP contribution is -2.50. The molecule has 2 rings (SSSR count). The van der Waals surface area contributed by atoms with Gasteiger partial charge >= 0.3 is 24.1 Å².